The van der Waals surface area contributed by atoms with E-state index in [0.29, 0.717) is 43.5 Å². The molecule has 7 rings (SSSR count). The first-order valence-electron chi connectivity index (χ1n) is 17.2. The smallest absolute Gasteiger partial charge is 0.286 e. The molecule has 3 aliphatic heterocycles. The maximum absolute atomic E-state index is 13.3. The molecule has 1 amide bonds. The van der Waals surface area contributed by atoms with E-state index in [2.05, 4.69) is 38.4 Å². The lowest BCUT2D eigenvalue weighted by molar-refractivity contribution is -0.0314. The number of ether oxygens (including phenoxy) is 3. The van der Waals surface area contributed by atoms with E-state index in [1.54, 1.807) is 6.07 Å². The van der Waals surface area contributed by atoms with Crippen LogP contribution in [0.3, 0.4) is 0 Å². The van der Waals surface area contributed by atoms with Crippen molar-refractivity contribution < 1.29 is 23.2 Å². The molecular weight excluding hydrogens is 636 g/mol. The summed E-state index contributed by atoms with van der Waals surface area (Å²) in [5.74, 6) is 1.16. The van der Waals surface area contributed by atoms with Crippen molar-refractivity contribution >= 4 is 33.1 Å². The molecule has 11 heteroatoms. The Morgan fingerprint density at radius 2 is 2.00 bits per heavy atom. The summed E-state index contributed by atoms with van der Waals surface area (Å²) in [6.07, 6.45) is 10.9. The molecule has 47 heavy (non-hydrogen) atoms. The number of anilines is 1. The Balaban J connectivity index is 1.22. The van der Waals surface area contributed by atoms with E-state index in [4.69, 9.17) is 31.0 Å². The van der Waals surface area contributed by atoms with Crippen LogP contribution in [0.1, 0.15) is 60.0 Å². The van der Waals surface area contributed by atoms with Crippen LogP contribution in [-0.4, -0.2) is 86.0 Å². The quantitative estimate of drug-likeness (QED) is 0.431. The van der Waals surface area contributed by atoms with E-state index in [1.165, 1.54) is 11.1 Å². The van der Waals surface area contributed by atoms with Gasteiger partial charge >= 0.3 is 0 Å². The maximum Gasteiger partial charge on any atom is 0.286 e. The first-order valence-corrected chi connectivity index (χ1v) is 19.4. The third-order valence-corrected chi connectivity index (χ3v) is 12.4. The fraction of sp³-hybridized carbons (Fsp3) is 0.583. The van der Waals surface area contributed by atoms with Gasteiger partial charge in [0, 0.05) is 54.5 Å². The van der Waals surface area contributed by atoms with Gasteiger partial charge in [0.1, 0.15) is 15.7 Å². The van der Waals surface area contributed by atoms with Crippen LogP contribution in [-0.2, 0) is 31.2 Å². The average molecular weight is 683 g/mol. The number of amides is 1. The summed E-state index contributed by atoms with van der Waals surface area (Å²) in [6, 6.07) is 11.8. The van der Waals surface area contributed by atoms with Gasteiger partial charge in [-0.3, -0.25) is 9.69 Å². The van der Waals surface area contributed by atoms with Gasteiger partial charge in [0.15, 0.2) is 0 Å². The van der Waals surface area contributed by atoms with E-state index in [-0.39, 0.29) is 17.3 Å². The van der Waals surface area contributed by atoms with Crippen molar-refractivity contribution in [2.75, 3.05) is 69.8 Å². The minimum Gasteiger partial charge on any atom is -0.490 e. The number of rotatable bonds is 4. The number of morpholine rings is 1. The van der Waals surface area contributed by atoms with E-state index < -0.39 is 15.8 Å². The summed E-state index contributed by atoms with van der Waals surface area (Å²) in [7, 11) is -3.17. The van der Waals surface area contributed by atoms with Gasteiger partial charge in [-0.25, -0.2) is 9.35 Å². The molecule has 9 nitrogen and oxygen atoms in total. The number of carbonyl (C=O) groups is 1. The first-order chi connectivity index (χ1) is 22.8. The predicted molar refractivity (Wildman–Crippen MR) is 186 cm³/mol. The Hall–Kier alpha value is -2.47. The van der Waals surface area contributed by atoms with Gasteiger partial charge in [0.05, 0.1) is 38.2 Å². The molecule has 1 saturated heterocycles. The number of aryl methyl sites for hydroxylation is 1. The lowest BCUT2D eigenvalue weighted by atomic mass is 9.68. The highest BCUT2D eigenvalue weighted by Gasteiger charge is 2.44. The van der Waals surface area contributed by atoms with Crippen LogP contribution < -0.4 is 14.8 Å². The highest BCUT2D eigenvalue weighted by Crippen LogP contribution is 2.47. The van der Waals surface area contributed by atoms with E-state index in [0.717, 1.165) is 94.5 Å². The minimum absolute atomic E-state index is 0.00302. The van der Waals surface area contributed by atoms with E-state index >= 15 is 0 Å². The predicted octanol–water partition coefficient (Wildman–Crippen LogP) is 5.39. The Labute approximate surface area is 284 Å². The van der Waals surface area contributed by atoms with Crippen LogP contribution in [0.15, 0.2) is 52.9 Å². The lowest BCUT2D eigenvalue weighted by Crippen LogP contribution is -2.50. The van der Waals surface area contributed by atoms with Crippen LogP contribution in [0.4, 0.5) is 5.69 Å². The number of nitrogens with zero attached hydrogens (tertiary/aromatic N) is 3. The fourth-order valence-electron chi connectivity index (χ4n) is 8.13. The second-order valence-corrected chi connectivity index (χ2v) is 16.3. The van der Waals surface area contributed by atoms with Gasteiger partial charge in [-0.15, -0.1) is 4.36 Å². The Morgan fingerprint density at radius 3 is 2.83 bits per heavy atom. The fourth-order valence-corrected chi connectivity index (χ4v) is 9.38. The van der Waals surface area contributed by atoms with Crippen molar-refractivity contribution in [2.45, 2.75) is 56.5 Å². The summed E-state index contributed by atoms with van der Waals surface area (Å²) in [6.45, 7) is 7.13. The lowest BCUT2D eigenvalue weighted by Gasteiger charge is -2.46. The second-order valence-electron chi connectivity index (χ2n) is 13.9. The van der Waals surface area contributed by atoms with Crippen molar-refractivity contribution in [3.8, 4) is 5.75 Å². The van der Waals surface area contributed by atoms with E-state index in [9.17, 15) is 9.00 Å². The number of benzene rings is 2. The number of hydrogen-bond acceptors (Lipinski definition) is 7. The Bertz CT molecular complexity index is 1620. The monoisotopic (exact) mass is 682 g/mol. The highest BCUT2D eigenvalue weighted by atomic mass is 35.5. The molecule has 2 aromatic rings. The highest BCUT2D eigenvalue weighted by molar-refractivity contribution is 7.91. The van der Waals surface area contributed by atoms with Gasteiger partial charge in [-0.2, -0.15) is 0 Å². The molecule has 0 aromatic heterocycles. The summed E-state index contributed by atoms with van der Waals surface area (Å²) < 4.78 is 36.0. The van der Waals surface area contributed by atoms with E-state index in [1.807, 2.05) is 18.2 Å². The number of fused-ring (bicyclic) bond motifs is 4. The summed E-state index contributed by atoms with van der Waals surface area (Å²) in [5.41, 5.74) is 3.64. The molecule has 2 N–H and O–H groups in total. The molecule has 2 bridgehead atoms. The molecule has 5 atom stereocenters. The molecule has 0 radical (unpaired) electrons. The zero-order valence-electron chi connectivity index (χ0n) is 27.1. The largest absolute Gasteiger partial charge is 0.490 e. The van der Waals surface area contributed by atoms with Gasteiger partial charge in [-0.05, 0) is 98.2 Å². The van der Waals surface area contributed by atoms with Crippen LogP contribution in [0, 0.1) is 11.8 Å². The van der Waals surface area contributed by atoms with Crippen molar-refractivity contribution in [1.29, 1.82) is 0 Å². The molecule has 2 aromatic carbocycles. The maximum atomic E-state index is 13.3. The second kappa shape index (κ2) is 14.2. The minimum atomic E-state index is -3.17. The molecule has 2 fully saturated rings. The van der Waals surface area contributed by atoms with Crippen molar-refractivity contribution in [3.63, 3.8) is 0 Å². The third-order valence-electron chi connectivity index (χ3n) is 10.8. The van der Waals surface area contributed by atoms with Crippen LogP contribution in [0.2, 0.25) is 5.02 Å². The normalized spacial score (nSPS) is 32.3. The number of carbonyl (C=O) groups excluding carboxylic acids is 1. The number of hydrogen-bond donors (Lipinski definition) is 1. The van der Waals surface area contributed by atoms with Crippen LogP contribution >= 0.6 is 11.6 Å². The van der Waals surface area contributed by atoms with Crippen LogP contribution in [0.5, 0.6) is 5.75 Å². The average Bonchev–Trinajstić information content (AvgIpc) is 3.19. The standard InChI is InChI=1S/C36H47ClN4O5S/c37-29-9-11-31-26(21-29)5-4-13-36(31)24-41-23-28-7-10-30(28)33(45-19-16-40-14-17-44-18-15-40)6-2-1-3-20-47(38,43)39-35(42)27-8-12-34(46-25-36)32(41)22-27/h2,6,8-9,11-12,21-22,28,30,33H,1,3-5,7,10,13-20,23-25H2,(H2,38,39,42,43)/b6-2+/t28-,30+,33-,36-,47-/m0/s1. The van der Waals surface area contributed by atoms with Crippen molar-refractivity contribution in [1.82, 2.24) is 4.90 Å². The Morgan fingerprint density at radius 1 is 1.13 bits per heavy atom. The number of allylic oxidation sites excluding steroid dienone is 1. The molecular formula is C36H47ClN4O5S. The molecule has 2 aliphatic carbocycles. The van der Waals surface area contributed by atoms with Gasteiger partial charge in [0.2, 0.25) is 0 Å². The summed E-state index contributed by atoms with van der Waals surface area (Å²) >= 11 is 6.45. The third kappa shape index (κ3) is 7.43. The van der Waals surface area contributed by atoms with Gasteiger partial charge in [-0.1, -0.05) is 29.8 Å². The van der Waals surface area contributed by atoms with Crippen molar-refractivity contribution in [3.05, 3.63) is 70.3 Å². The summed E-state index contributed by atoms with van der Waals surface area (Å²) in [5, 5.41) is 6.85. The zero-order chi connectivity index (χ0) is 32.4. The molecule has 1 spiro atoms. The number of halogens is 1. The topological polar surface area (TPSA) is 107 Å². The molecule has 254 valence electrons. The molecule has 3 heterocycles. The number of nitrogens with two attached hydrogens (primary N) is 1. The first kappa shape index (κ1) is 33.0. The molecule has 1 saturated carbocycles. The van der Waals surface area contributed by atoms with Crippen molar-refractivity contribution in [2.24, 2.45) is 21.3 Å². The molecule has 0 unspecified atom stereocenters. The zero-order valence-corrected chi connectivity index (χ0v) is 28.7. The van der Waals surface area contributed by atoms with Gasteiger partial charge < -0.3 is 19.1 Å². The Kier molecular flexibility index (Phi) is 9.97. The SMILES string of the molecule is N[S@]1(=O)=NC(=O)c2ccc3c(c2)N(C[C@@H]2CC[C@H]2[C@@H](OCCN2CCOCC2)/C=C/CCC1)C[C@@]1(CCCc2cc(Cl)ccc21)CO3. The van der Waals surface area contributed by atoms with Gasteiger partial charge in [0.25, 0.3) is 5.91 Å². The molecule has 5 aliphatic rings. The summed E-state index contributed by atoms with van der Waals surface area (Å²) in [4.78, 5) is 18.2. The van der Waals surface area contributed by atoms with Crippen LogP contribution in [0.25, 0.3) is 0 Å².